The smallest absolute Gasteiger partial charge is 0.143 e. The van der Waals surface area contributed by atoms with Crippen LogP contribution in [0.25, 0.3) is 0 Å². The van der Waals surface area contributed by atoms with Crippen molar-refractivity contribution in [2.24, 2.45) is 0 Å². The summed E-state index contributed by atoms with van der Waals surface area (Å²) in [5, 5.41) is 10.4. The number of hydrogen-bond acceptors (Lipinski definition) is 4. The van der Waals surface area contributed by atoms with Gasteiger partial charge in [-0.3, -0.25) is 0 Å². The summed E-state index contributed by atoms with van der Waals surface area (Å²) in [5.41, 5.74) is 0. The molecule has 1 heterocycles. The molecule has 1 aromatic heterocycles. The molecule has 17 heavy (non-hydrogen) atoms. The van der Waals surface area contributed by atoms with Crippen molar-refractivity contribution in [1.82, 2.24) is 10.2 Å². The largest absolute Gasteiger partial charge is 0.174 e. The lowest BCUT2D eigenvalue weighted by atomic mass is 10.1. The highest BCUT2D eigenvalue weighted by molar-refractivity contribution is 9.09. The Kier molecular flexibility index (Phi) is 9.38. The maximum atomic E-state index is 4.11. The number of thioether (sulfide) groups is 1. The lowest BCUT2D eigenvalue weighted by Crippen LogP contribution is -1.83. The molecule has 0 saturated carbocycles. The second-order valence-electron chi connectivity index (χ2n) is 4.10. The minimum absolute atomic E-state index is 1.07. The summed E-state index contributed by atoms with van der Waals surface area (Å²) in [6.07, 6.45) is 9.55. The van der Waals surface area contributed by atoms with E-state index in [1.165, 1.54) is 50.7 Å². The van der Waals surface area contributed by atoms with Gasteiger partial charge in [0.1, 0.15) is 5.01 Å². The minimum Gasteiger partial charge on any atom is -0.143 e. The maximum absolute atomic E-state index is 4.11. The van der Waals surface area contributed by atoms with E-state index in [0.29, 0.717) is 0 Å². The van der Waals surface area contributed by atoms with Gasteiger partial charge in [0.2, 0.25) is 0 Å². The molecule has 98 valence electrons. The first-order valence-corrected chi connectivity index (χ1v) is 9.24. The Morgan fingerprint density at radius 2 is 1.65 bits per heavy atom. The SMILES string of the molecule is Cc1nnc(SCCCCCCCCCBr)s1. The first kappa shape index (κ1) is 15.4. The monoisotopic (exact) mass is 336 g/mol. The summed E-state index contributed by atoms with van der Waals surface area (Å²) in [4.78, 5) is 0. The Balaban J connectivity index is 1.84. The fourth-order valence-electron chi connectivity index (χ4n) is 1.58. The zero-order valence-electron chi connectivity index (χ0n) is 10.5. The van der Waals surface area contributed by atoms with Gasteiger partial charge in [0.15, 0.2) is 4.34 Å². The number of alkyl halides is 1. The van der Waals surface area contributed by atoms with E-state index >= 15 is 0 Å². The molecule has 0 atom stereocenters. The molecular formula is C12H21BrN2S2. The van der Waals surface area contributed by atoms with Crippen LogP contribution in [-0.4, -0.2) is 21.3 Å². The molecule has 0 aliphatic carbocycles. The van der Waals surface area contributed by atoms with Gasteiger partial charge < -0.3 is 0 Å². The first-order valence-electron chi connectivity index (χ1n) is 6.32. The number of hydrogen-bond donors (Lipinski definition) is 0. The summed E-state index contributed by atoms with van der Waals surface area (Å²) in [6, 6.07) is 0. The van der Waals surface area contributed by atoms with Crippen LogP contribution in [0.15, 0.2) is 4.34 Å². The van der Waals surface area contributed by atoms with E-state index in [-0.39, 0.29) is 0 Å². The number of nitrogens with zero attached hydrogens (tertiary/aromatic N) is 2. The third-order valence-corrected chi connectivity index (χ3v) is 5.13. The zero-order chi connectivity index (χ0) is 12.3. The van der Waals surface area contributed by atoms with Gasteiger partial charge in [-0.15, -0.1) is 10.2 Å². The molecule has 0 N–H and O–H groups in total. The number of rotatable bonds is 10. The number of unbranched alkanes of at least 4 members (excludes halogenated alkanes) is 6. The van der Waals surface area contributed by atoms with Crippen LogP contribution in [-0.2, 0) is 0 Å². The molecule has 0 saturated heterocycles. The highest BCUT2D eigenvalue weighted by atomic mass is 79.9. The standard InChI is InChI=1S/C12H21BrN2S2/c1-11-14-15-12(17-11)16-10-8-6-4-2-3-5-7-9-13/h2-10H2,1H3. The Bertz CT molecular complexity index is 292. The average molecular weight is 337 g/mol. The molecule has 1 aromatic rings. The van der Waals surface area contributed by atoms with Crippen LogP contribution >= 0.6 is 39.0 Å². The molecule has 0 radical (unpaired) electrons. The maximum Gasteiger partial charge on any atom is 0.174 e. The van der Waals surface area contributed by atoms with Gasteiger partial charge in [0.05, 0.1) is 0 Å². The van der Waals surface area contributed by atoms with E-state index in [4.69, 9.17) is 0 Å². The van der Waals surface area contributed by atoms with Gasteiger partial charge >= 0.3 is 0 Å². The molecule has 0 aromatic carbocycles. The van der Waals surface area contributed by atoms with E-state index in [2.05, 4.69) is 26.1 Å². The topological polar surface area (TPSA) is 25.8 Å². The van der Waals surface area contributed by atoms with Crippen LogP contribution in [0.1, 0.15) is 50.0 Å². The van der Waals surface area contributed by atoms with Crippen molar-refractivity contribution in [3.63, 3.8) is 0 Å². The Morgan fingerprint density at radius 3 is 2.24 bits per heavy atom. The molecule has 0 bridgehead atoms. The number of aromatic nitrogens is 2. The predicted molar refractivity (Wildman–Crippen MR) is 81.5 cm³/mol. The van der Waals surface area contributed by atoms with Gasteiger partial charge in [0.25, 0.3) is 0 Å². The van der Waals surface area contributed by atoms with Crippen molar-refractivity contribution in [2.75, 3.05) is 11.1 Å². The Hall–Kier alpha value is 0.390. The van der Waals surface area contributed by atoms with Crippen molar-refractivity contribution in [3.8, 4) is 0 Å². The molecule has 0 aliphatic heterocycles. The highest BCUT2D eigenvalue weighted by Gasteiger charge is 2.00. The number of aryl methyl sites for hydroxylation is 1. The van der Waals surface area contributed by atoms with Gasteiger partial charge in [-0.1, -0.05) is 71.1 Å². The van der Waals surface area contributed by atoms with Crippen LogP contribution in [0.5, 0.6) is 0 Å². The molecule has 0 spiro atoms. The van der Waals surface area contributed by atoms with Crippen molar-refractivity contribution in [2.45, 2.75) is 56.2 Å². The Labute approximate surface area is 121 Å². The third kappa shape index (κ3) is 8.16. The van der Waals surface area contributed by atoms with Gasteiger partial charge in [-0.25, -0.2) is 0 Å². The summed E-state index contributed by atoms with van der Waals surface area (Å²) in [7, 11) is 0. The summed E-state index contributed by atoms with van der Waals surface area (Å²) >= 11 is 7.02. The van der Waals surface area contributed by atoms with Crippen molar-refractivity contribution in [3.05, 3.63) is 5.01 Å². The van der Waals surface area contributed by atoms with Crippen LogP contribution in [0.3, 0.4) is 0 Å². The summed E-state index contributed by atoms with van der Waals surface area (Å²) < 4.78 is 1.12. The lowest BCUT2D eigenvalue weighted by Gasteiger charge is -2.00. The number of halogens is 1. The molecular weight excluding hydrogens is 316 g/mol. The van der Waals surface area contributed by atoms with E-state index in [9.17, 15) is 0 Å². The second-order valence-corrected chi connectivity index (χ2v) is 7.42. The quantitative estimate of drug-likeness (QED) is 0.339. The van der Waals surface area contributed by atoms with Crippen LogP contribution in [0.4, 0.5) is 0 Å². The third-order valence-electron chi connectivity index (χ3n) is 2.51. The van der Waals surface area contributed by atoms with Crippen LogP contribution in [0, 0.1) is 6.92 Å². The average Bonchev–Trinajstić information content (AvgIpc) is 2.73. The van der Waals surface area contributed by atoms with Gasteiger partial charge in [-0.2, -0.15) is 0 Å². The fraction of sp³-hybridized carbons (Fsp3) is 0.833. The lowest BCUT2D eigenvalue weighted by molar-refractivity contribution is 0.606. The molecule has 0 fully saturated rings. The van der Waals surface area contributed by atoms with Crippen LogP contribution in [0.2, 0.25) is 0 Å². The highest BCUT2D eigenvalue weighted by Crippen LogP contribution is 2.23. The molecule has 0 aliphatic rings. The molecule has 1 rings (SSSR count). The van der Waals surface area contributed by atoms with Gasteiger partial charge in [-0.05, 0) is 19.8 Å². The van der Waals surface area contributed by atoms with Gasteiger partial charge in [0, 0.05) is 11.1 Å². The van der Waals surface area contributed by atoms with E-state index in [1.807, 2.05) is 18.7 Å². The van der Waals surface area contributed by atoms with E-state index < -0.39 is 0 Å². The zero-order valence-corrected chi connectivity index (χ0v) is 13.7. The normalized spacial score (nSPS) is 10.9. The minimum atomic E-state index is 1.07. The van der Waals surface area contributed by atoms with Crippen LogP contribution < -0.4 is 0 Å². The predicted octanol–water partition coefficient (Wildman–Crippen LogP) is 5.06. The summed E-state index contributed by atoms with van der Waals surface area (Å²) in [5.74, 6) is 1.19. The molecule has 0 unspecified atom stereocenters. The second kappa shape index (κ2) is 10.3. The molecule has 5 heteroatoms. The van der Waals surface area contributed by atoms with Crippen molar-refractivity contribution in [1.29, 1.82) is 0 Å². The van der Waals surface area contributed by atoms with Crippen molar-refractivity contribution < 1.29 is 0 Å². The molecule has 0 amide bonds. The van der Waals surface area contributed by atoms with E-state index in [1.54, 1.807) is 11.3 Å². The van der Waals surface area contributed by atoms with Crippen molar-refractivity contribution >= 4 is 39.0 Å². The summed E-state index contributed by atoms with van der Waals surface area (Å²) in [6.45, 7) is 2.01. The fourth-order valence-corrected chi connectivity index (χ4v) is 3.86. The first-order chi connectivity index (χ1) is 8.33. The van der Waals surface area contributed by atoms with E-state index in [0.717, 1.165) is 14.7 Å². The molecule has 2 nitrogen and oxygen atoms in total. The Morgan fingerprint density at radius 1 is 1.00 bits per heavy atom.